The summed E-state index contributed by atoms with van der Waals surface area (Å²) in [5, 5.41) is 4.57. The number of nitrogens with zero attached hydrogens (tertiary/aromatic N) is 2. The summed E-state index contributed by atoms with van der Waals surface area (Å²) in [6, 6.07) is 19.7. The highest BCUT2D eigenvalue weighted by Gasteiger charge is 2.21. The first-order valence-electron chi connectivity index (χ1n) is 6.87. The van der Waals surface area contributed by atoms with Crippen molar-refractivity contribution in [2.45, 2.75) is 6.92 Å². The number of hydrogen-bond donors (Lipinski definition) is 0. The van der Waals surface area contributed by atoms with Crippen molar-refractivity contribution in [2.24, 2.45) is 7.05 Å². The van der Waals surface area contributed by atoms with E-state index in [2.05, 4.69) is 5.10 Å². The molecule has 0 amide bonds. The van der Waals surface area contributed by atoms with Crippen LogP contribution < -0.4 is 0 Å². The molecule has 3 nitrogen and oxygen atoms in total. The van der Waals surface area contributed by atoms with Crippen molar-refractivity contribution >= 4 is 5.78 Å². The minimum absolute atomic E-state index is 0.0285. The molecule has 0 saturated carbocycles. The van der Waals surface area contributed by atoms with Gasteiger partial charge in [-0.05, 0) is 6.92 Å². The van der Waals surface area contributed by atoms with Gasteiger partial charge in [0.1, 0.15) is 5.69 Å². The van der Waals surface area contributed by atoms with Gasteiger partial charge >= 0.3 is 0 Å². The van der Waals surface area contributed by atoms with Gasteiger partial charge in [-0.1, -0.05) is 60.7 Å². The van der Waals surface area contributed by atoms with Crippen LogP contribution in [-0.2, 0) is 7.05 Å². The van der Waals surface area contributed by atoms with Crippen LogP contribution in [0, 0.1) is 0 Å². The zero-order valence-electron chi connectivity index (χ0n) is 12.1. The minimum atomic E-state index is 0.0285. The van der Waals surface area contributed by atoms with Crippen molar-refractivity contribution < 1.29 is 4.79 Å². The molecule has 104 valence electrons. The Morgan fingerprint density at radius 3 is 1.95 bits per heavy atom. The Kier molecular flexibility index (Phi) is 3.40. The lowest BCUT2D eigenvalue weighted by Crippen LogP contribution is -1.98. The predicted octanol–water partition coefficient (Wildman–Crippen LogP) is 3.96. The molecule has 1 heterocycles. The van der Waals surface area contributed by atoms with Crippen LogP contribution in [0.15, 0.2) is 60.7 Å². The summed E-state index contributed by atoms with van der Waals surface area (Å²) in [7, 11) is 1.88. The SMILES string of the molecule is CC(=O)c1c(-c2ccccc2)nn(C)c1-c1ccccc1. The first kappa shape index (κ1) is 13.3. The van der Waals surface area contributed by atoms with Crippen LogP contribution in [0.4, 0.5) is 0 Å². The summed E-state index contributed by atoms with van der Waals surface area (Å²) >= 11 is 0. The molecule has 0 spiro atoms. The van der Waals surface area contributed by atoms with Gasteiger partial charge in [-0.15, -0.1) is 0 Å². The van der Waals surface area contributed by atoms with Gasteiger partial charge in [0.05, 0.1) is 11.3 Å². The number of carbonyl (C=O) groups is 1. The molecule has 0 aliphatic carbocycles. The molecule has 21 heavy (non-hydrogen) atoms. The zero-order valence-corrected chi connectivity index (χ0v) is 12.1. The van der Waals surface area contributed by atoms with Gasteiger partial charge in [-0.25, -0.2) is 0 Å². The van der Waals surface area contributed by atoms with Crippen molar-refractivity contribution in [3.05, 3.63) is 66.2 Å². The van der Waals surface area contributed by atoms with Crippen molar-refractivity contribution in [1.29, 1.82) is 0 Å². The average molecular weight is 276 g/mol. The third kappa shape index (κ3) is 2.38. The molecule has 3 heteroatoms. The lowest BCUT2D eigenvalue weighted by Gasteiger charge is -2.05. The van der Waals surface area contributed by atoms with E-state index in [1.54, 1.807) is 11.6 Å². The van der Waals surface area contributed by atoms with Crippen LogP contribution in [0.25, 0.3) is 22.5 Å². The smallest absolute Gasteiger partial charge is 0.164 e. The number of aryl methyl sites for hydroxylation is 1. The van der Waals surface area contributed by atoms with Crippen LogP contribution in [0.1, 0.15) is 17.3 Å². The summed E-state index contributed by atoms with van der Waals surface area (Å²) in [6.07, 6.45) is 0. The third-order valence-electron chi connectivity index (χ3n) is 3.49. The predicted molar refractivity (Wildman–Crippen MR) is 84.1 cm³/mol. The maximum absolute atomic E-state index is 12.2. The van der Waals surface area contributed by atoms with E-state index in [0.29, 0.717) is 5.56 Å². The Bertz CT molecular complexity index is 774. The van der Waals surface area contributed by atoms with Crippen LogP contribution in [-0.4, -0.2) is 15.6 Å². The molecule has 0 fully saturated rings. The number of Topliss-reactive ketones (excluding diaryl/α,β-unsaturated/α-hetero) is 1. The summed E-state index contributed by atoms with van der Waals surface area (Å²) in [4.78, 5) is 12.2. The van der Waals surface area contributed by atoms with Crippen LogP contribution in [0.3, 0.4) is 0 Å². The standard InChI is InChI=1S/C18H16N2O/c1-13(21)16-17(14-9-5-3-6-10-14)19-20(2)18(16)15-11-7-4-8-12-15/h3-12H,1-2H3. The van der Waals surface area contributed by atoms with Crippen molar-refractivity contribution in [2.75, 3.05) is 0 Å². The first-order valence-corrected chi connectivity index (χ1v) is 6.87. The number of carbonyl (C=O) groups excluding carboxylic acids is 1. The van der Waals surface area contributed by atoms with Gasteiger partial charge in [0.2, 0.25) is 0 Å². The molecule has 0 radical (unpaired) electrons. The van der Waals surface area contributed by atoms with Gasteiger partial charge in [0.25, 0.3) is 0 Å². The molecule has 3 rings (SSSR count). The highest BCUT2D eigenvalue weighted by molar-refractivity contribution is 6.05. The van der Waals surface area contributed by atoms with Crippen molar-refractivity contribution in [3.8, 4) is 22.5 Å². The van der Waals surface area contributed by atoms with E-state index in [4.69, 9.17) is 0 Å². The maximum atomic E-state index is 12.2. The van der Waals surface area contributed by atoms with E-state index in [9.17, 15) is 4.79 Å². The fourth-order valence-electron chi connectivity index (χ4n) is 2.58. The second-order valence-electron chi connectivity index (χ2n) is 4.98. The normalized spacial score (nSPS) is 10.6. The number of hydrogen-bond acceptors (Lipinski definition) is 2. The van der Waals surface area contributed by atoms with Gasteiger partial charge in [0, 0.05) is 18.2 Å². The molecule has 0 atom stereocenters. The Labute approximate surface area is 123 Å². The first-order chi connectivity index (χ1) is 10.2. The fraction of sp³-hybridized carbons (Fsp3) is 0.111. The van der Waals surface area contributed by atoms with E-state index < -0.39 is 0 Å². The number of aromatic nitrogens is 2. The van der Waals surface area contributed by atoms with E-state index >= 15 is 0 Å². The molecule has 1 aromatic heterocycles. The molecule has 0 N–H and O–H groups in total. The Morgan fingerprint density at radius 1 is 0.905 bits per heavy atom. The molecule has 0 aliphatic heterocycles. The third-order valence-corrected chi connectivity index (χ3v) is 3.49. The highest BCUT2D eigenvalue weighted by Crippen LogP contribution is 2.31. The molecule has 0 aliphatic rings. The lowest BCUT2D eigenvalue weighted by atomic mass is 9.99. The Balaban J connectivity index is 2.28. The van der Waals surface area contributed by atoms with Gasteiger partial charge < -0.3 is 0 Å². The summed E-state index contributed by atoms with van der Waals surface area (Å²) in [5.41, 5.74) is 4.24. The fourth-order valence-corrected chi connectivity index (χ4v) is 2.58. The van der Waals surface area contributed by atoms with E-state index in [-0.39, 0.29) is 5.78 Å². The Hall–Kier alpha value is -2.68. The maximum Gasteiger partial charge on any atom is 0.164 e. The quantitative estimate of drug-likeness (QED) is 0.679. The molecule has 3 aromatic rings. The second-order valence-corrected chi connectivity index (χ2v) is 4.98. The van der Waals surface area contributed by atoms with Crippen LogP contribution in [0.2, 0.25) is 0 Å². The molecule has 0 saturated heterocycles. The number of ketones is 1. The van der Waals surface area contributed by atoms with Crippen molar-refractivity contribution in [1.82, 2.24) is 9.78 Å². The van der Waals surface area contributed by atoms with Crippen LogP contribution >= 0.6 is 0 Å². The average Bonchev–Trinajstić information content (AvgIpc) is 2.87. The van der Waals surface area contributed by atoms with Gasteiger partial charge in [-0.3, -0.25) is 9.48 Å². The molecular weight excluding hydrogens is 260 g/mol. The van der Waals surface area contributed by atoms with Crippen molar-refractivity contribution in [3.63, 3.8) is 0 Å². The highest BCUT2D eigenvalue weighted by atomic mass is 16.1. The minimum Gasteiger partial charge on any atom is -0.294 e. The molecule has 0 bridgehead atoms. The molecule has 0 unspecified atom stereocenters. The lowest BCUT2D eigenvalue weighted by molar-refractivity contribution is 0.101. The summed E-state index contributed by atoms with van der Waals surface area (Å²) < 4.78 is 1.79. The molecular formula is C18H16N2O. The topological polar surface area (TPSA) is 34.9 Å². The number of rotatable bonds is 3. The summed E-state index contributed by atoms with van der Waals surface area (Å²) in [6.45, 7) is 1.59. The number of benzene rings is 2. The van der Waals surface area contributed by atoms with E-state index in [1.807, 2.05) is 67.7 Å². The summed E-state index contributed by atoms with van der Waals surface area (Å²) in [5.74, 6) is 0.0285. The second kappa shape index (κ2) is 5.37. The monoisotopic (exact) mass is 276 g/mol. The Morgan fingerprint density at radius 2 is 1.43 bits per heavy atom. The molecule has 2 aromatic carbocycles. The van der Waals surface area contributed by atoms with Crippen LogP contribution in [0.5, 0.6) is 0 Å². The van der Waals surface area contributed by atoms with E-state index in [1.165, 1.54) is 0 Å². The zero-order chi connectivity index (χ0) is 14.8. The largest absolute Gasteiger partial charge is 0.294 e. The van der Waals surface area contributed by atoms with Gasteiger partial charge in [0.15, 0.2) is 5.78 Å². The van der Waals surface area contributed by atoms with Gasteiger partial charge in [-0.2, -0.15) is 5.10 Å². The van der Waals surface area contributed by atoms with E-state index in [0.717, 1.165) is 22.5 Å².